The third kappa shape index (κ3) is 4.89. The average molecular weight is 229 g/mol. The zero-order valence-electron chi connectivity index (χ0n) is 10.3. The van der Waals surface area contributed by atoms with Crippen LogP contribution in [0.4, 0.5) is 0 Å². The van der Waals surface area contributed by atoms with Crippen LogP contribution in [0.25, 0.3) is 0 Å². The quantitative estimate of drug-likeness (QED) is 0.796. The fourth-order valence-corrected chi connectivity index (χ4v) is 2.80. The van der Waals surface area contributed by atoms with Crippen molar-refractivity contribution >= 4 is 16.9 Å². The molecule has 0 aromatic rings. The summed E-state index contributed by atoms with van der Waals surface area (Å²) in [5.41, 5.74) is 0. The van der Waals surface area contributed by atoms with Crippen molar-refractivity contribution in [2.24, 2.45) is 4.99 Å². The van der Waals surface area contributed by atoms with Crippen molar-refractivity contribution in [2.45, 2.75) is 38.5 Å². The molecule has 1 N–H and O–H groups in total. The van der Waals surface area contributed by atoms with E-state index in [9.17, 15) is 0 Å². The van der Waals surface area contributed by atoms with Crippen LogP contribution in [0.2, 0.25) is 0 Å². The summed E-state index contributed by atoms with van der Waals surface area (Å²) in [4.78, 5) is 6.88. The molecular formula is C11H23N3S. The van der Waals surface area contributed by atoms with Crippen molar-refractivity contribution < 1.29 is 0 Å². The van der Waals surface area contributed by atoms with Crippen LogP contribution in [0, 0.1) is 0 Å². The predicted octanol–water partition coefficient (Wildman–Crippen LogP) is 1.80. The highest BCUT2D eigenvalue weighted by Crippen LogP contribution is 2.21. The van der Waals surface area contributed by atoms with Gasteiger partial charge in [0, 0.05) is 17.8 Å². The number of hydrogen-bond acceptors (Lipinski definition) is 3. The van der Waals surface area contributed by atoms with Gasteiger partial charge < -0.3 is 10.2 Å². The Bertz CT molecular complexity index is 206. The molecule has 0 aromatic carbocycles. The number of aliphatic imine (C=N–C) groups is 1. The number of rotatable bonds is 4. The minimum absolute atomic E-state index is 0.573. The summed E-state index contributed by atoms with van der Waals surface area (Å²) in [6.45, 7) is 9.72. The first-order valence-electron chi connectivity index (χ1n) is 5.78. The number of nitrogens with zero attached hydrogens (tertiary/aromatic N) is 2. The molecule has 2 atom stereocenters. The van der Waals surface area contributed by atoms with Crippen molar-refractivity contribution in [2.75, 3.05) is 26.7 Å². The van der Waals surface area contributed by atoms with Gasteiger partial charge in [0.15, 0.2) is 5.17 Å². The molecule has 4 heteroatoms. The smallest absolute Gasteiger partial charge is 0.157 e. The number of hydrogen-bond donors (Lipinski definition) is 1. The lowest BCUT2D eigenvalue weighted by atomic mass is 10.2. The monoisotopic (exact) mass is 229 g/mol. The van der Waals surface area contributed by atoms with Crippen LogP contribution in [-0.4, -0.2) is 48.0 Å². The molecule has 1 rings (SSSR count). The third-order valence-electron chi connectivity index (χ3n) is 2.65. The second kappa shape index (κ2) is 6.38. The van der Waals surface area contributed by atoms with E-state index in [2.05, 4.69) is 43.0 Å². The Hall–Kier alpha value is -0.220. The fourth-order valence-electron chi connectivity index (χ4n) is 1.60. The van der Waals surface area contributed by atoms with Gasteiger partial charge >= 0.3 is 0 Å². The lowest BCUT2D eigenvalue weighted by Crippen LogP contribution is -2.38. The van der Waals surface area contributed by atoms with E-state index in [0.29, 0.717) is 11.3 Å². The van der Waals surface area contributed by atoms with Gasteiger partial charge in [-0.2, -0.15) is 0 Å². The molecule has 0 spiro atoms. The zero-order chi connectivity index (χ0) is 11.3. The zero-order valence-corrected chi connectivity index (χ0v) is 11.1. The van der Waals surface area contributed by atoms with Gasteiger partial charge in [-0.3, -0.25) is 4.99 Å². The molecular weight excluding hydrogens is 206 g/mol. The number of likely N-dealkylation sites (N-methyl/N-ethyl adjacent to an activating group) is 1. The van der Waals surface area contributed by atoms with Gasteiger partial charge in [-0.15, -0.1) is 0 Å². The van der Waals surface area contributed by atoms with Crippen molar-refractivity contribution in [3.63, 3.8) is 0 Å². The van der Waals surface area contributed by atoms with Gasteiger partial charge in [0.1, 0.15) is 0 Å². The Morgan fingerprint density at radius 3 is 2.87 bits per heavy atom. The van der Waals surface area contributed by atoms with E-state index in [1.54, 1.807) is 0 Å². The van der Waals surface area contributed by atoms with Gasteiger partial charge in [-0.1, -0.05) is 25.6 Å². The number of amidine groups is 1. The molecule has 0 saturated carbocycles. The molecule has 2 unspecified atom stereocenters. The molecule has 1 heterocycles. The van der Waals surface area contributed by atoms with Crippen molar-refractivity contribution in [1.29, 1.82) is 0 Å². The van der Waals surface area contributed by atoms with E-state index in [0.717, 1.165) is 24.8 Å². The van der Waals surface area contributed by atoms with Crippen LogP contribution in [0.5, 0.6) is 0 Å². The first kappa shape index (κ1) is 12.8. The molecule has 0 aliphatic carbocycles. The summed E-state index contributed by atoms with van der Waals surface area (Å²) >= 11 is 1.87. The highest BCUT2D eigenvalue weighted by Gasteiger charge is 2.19. The standard InChI is InChI=1S/C11H23N3S/c1-5-14(4)7-6-12-11-13-9(2)8-10(3)15-11/h9-10H,5-8H2,1-4H3,(H,12,13). The second-order valence-electron chi connectivity index (χ2n) is 4.29. The van der Waals surface area contributed by atoms with E-state index >= 15 is 0 Å². The highest BCUT2D eigenvalue weighted by molar-refractivity contribution is 8.14. The van der Waals surface area contributed by atoms with Crippen LogP contribution in [0.1, 0.15) is 27.2 Å². The van der Waals surface area contributed by atoms with E-state index in [1.165, 1.54) is 6.42 Å². The molecule has 88 valence electrons. The van der Waals surface area contributed by atoms with Gasteiger partial charge in [0.05, 0.1) is 6.54 Å². The molecule has 0 aromatic heterocycles. The lowest BCUT2D eigenvalue weighted by molar-refractivity contribution is 0.363. The minimum atomic E-state index is 0.573. The fraction of sp³-hybridized carbons (Fsp3) is 0.909. The lowest BCUT2D eigenvalue weighted by Gasteiger charge is -2.27. The molecule has 0 radical (unpaired) electrons. The Labute approximate surface area is 97.7 Å². The SMILES string of the molecule is CCN(C)CCN=C1NC(C)CC(C)S1. The normalized spacial score (nSPS) is 29.5. The van der Waals surface area contributed by atoms with Crippen LogP contribution in [0.3, 0.4) is 0 Å². The molecule has 1 aliphatic rings. The van der Waals surface area contributed by atoms with E-state index in [-0.39, 0.29) is 0 Å². The maximum Gasteiger partial charge on any atom is 0.157 e. The van der Waals surface area contributed by atoms with Gasteiger partial charge in [0.25, 0.3) is 0 Å². The average Bonchev–Trinajstić information content (AvgIpc) is 2.16. The van der Waals surface area contributed by atoms with Crippen LogP contribution < -0.4 is 5.32 Å². The maximum absolute atomic E-state index is 4.60. The largest absolute Gasteiger partial charge is 0.362 e. The van der Waals surface area contributed by atoms with Gasteiger partial charge in [-0.05, 0) is 26.9 Å². The maximum atomic E-state index is 4.60. The van der Waals surface area contributed by atoms with Crippen molar-refractivity contribution in [3.8, 4) is 0 Å². The summed E-state index contributed by atoms with van der Waals surface area (Å²) in [5.74, 6) is 0. The van der Waals surface area contributed by atoms with E-state index < -0.39 is 0 Å². The topological polar surface area (TPSA) is 27.6 Å². The molecule has 3 nitrogen and oxygen atoms in total. The summed E-state index contributed by atoms with van der Waals surface area (Å²) in [5, 5.41) is 5.26. The Kier molecular flexibility index (Phi) is 5.47. The number of nitrogens with one attached hydrogen (secondary N) is 1. The predicted molar refractivity (Wildman–Crippen MR) is 69.7 cm³/mol. The Morgan fingerprint density at radius 2 is 2.27 bits per heavy atom. The molecule has 1 fully saturated rings. The summed E-state index contributed by atoms with van der Waals surface area (Å²) in [6, 6.07) is 0.573. The first-order valence-corrected chi connectivity index (χ1v) is 6.66. The van der Waals surface area contributed by atoms with Gasteiger partial charge in [-0.25, -0.2) is 0 Å². The highest BCUT2D eigenvalue weighted by atomic mass is 32.2. The third-order valence-corrected chi connectivity index (χ3v) is 3.71. The molecule has 1 aliphatic heterocycles. The Balaban J connectivity index is 2.32. The summed E-state index contributed by atoms with van der Waals surface area (Å²) in [7, 11) is 2.13. The van der Waals surface area contributed by atoms with Crippen molar-refractivity contribution in [3.05, 3.63) is 0 Å². The van der Waals surface area contributed by atoms with Crippen LogP contribution in [-0.2, 0) is 0 Å². The molecule has 1 saturated heterocycles. The van der Waals surface area contributed by atoms with Gasteiger partial charge in [0.2, 0.25) is 0 Å². The van der Waals surface area contributed by atoms with E-state index in [1.807, 2.05) is 11.8 Å². The minimum Gasteiger partial charge on any atom is -0.362 e. The van der Waals surface area contributed by atoms with Crippen LogP contribution in [0.15, 0.2) is 4.99 Å². The summed E-state index contributed by atoms with van der Waals surface area (Å²) < 4.78 is 0. The molecule has 0 amide bonds. The van der Waals surface area contributed by atoms with Crippen molar-refractivity contribution in [1.82, 2.24) is 10.2 Å². The first-order chi connectivity index (χ1) is 7.11. The van der Waals surface area contributed by atoms with Crippen LogP contribution >= 0.6 is 11.8 Å². The molecule has 15 heavy (non-hydrogen) atoms. The van der Waals surface area contributed by atoms with E-state index in [4.69, 9.17) is 0 Å². The second-order valence-corrected chi connectivity index (χ2v) is 5.72. The Morgan fingerprint density at radius 1 is 1.53 bits per heavy atom. The molecule has 0 bridgehead atoms. The number of thioether (sulfide) groups is 1. The summed E-state index contributed by atoms with van der Waals surface area (Å²) in [6.07, 6.45) is 1.23.